The summed E-state index contributed by atoms with van der Waals surface area (Å²) in [6, 6.07) is 10.3. The molecule has 0 radical (unpaired) electrons. The summed E-state index contributed by atoms with van der Waals surface area (Å²) in [5.41, 5.74) is 1.88. The van der Waals surface area contributed by atoms with E-state index < -0.39 is 14.9 Å². The molecule has 0 atom stereocenters. The summed E-state index contributed by atoms with van der Waals surface area (Å²) >= 11 is 0. The lowest BCUT2D eigenvalue weighted by atomic mass is 10.1. The molecule has 0 aliphatic heterocycles. The zero-order valence-electron chi connectivity index (χ0n) is 11.5. The molecule has 0 aliphatic rings. The Morgan fingerprint density at radius 3 is 2.48 bits per heavy atom. The third-order valence-corrected chi connectivity index (χ3v) is 4.34. The standard InChI is InChI=1S/C14H14N2O4S/c1-10-6-7-11(2)14(8-10)15-21(19,20)13-5-3-4-12(9-13)16(17)18/h3-9,15H,1-2H3. The van der Waals surface area contributed by atoms with Gasteiger partial charge in [0.2, 0.25) is 0 Å². The average molecular weight is 306 g/mol. The molecule has 7 heteroatoms. The fourth-order valence-corrected chi connectivity index (χ4v) is 2.97. The summed E-state index contributed by atoms with van der Waals surface area (Å²) in [5, 5.41) is 10.7. The van der Waals surface area contributed by atoms with E-state index in [0.717, 1.165) is 17.2 Å². The number of nitrogens with one attached hydrogen (secondary N) is 1. The zero-order valence-corrected chi connectivity index (χ0v) is 12.3. The molecule has 110 valence electrons. The fourth-order valence-electron chi connectivity index (χ4n) is 1.81. The summed E-state index contributed by atoms with van der Waals surface area (Å²) in [4.78, 5) is 9.96. The second-order valence-corrected chi connectivity index (χ2v) is 6.36. The Morgan fingerprint density at radius 2 is 1.81 bits per heavy atom. The van der Waals surface area contributed by atoms with Crippen molar-refractivity contribution in [1.29, 1.82) is 0 Å². The number of aryl methyl sites for hydroxylation is 2. The van der Waals surface area contributed by atoms with Gasteiger partial charge in [0.15, 0.2) is 0 Å². The molecule has 0 aliphatic carbocycles. The van der Waals surface area contributed by atoms with Gasteiger partial charge in [0, 0.05) is 12.1 Å². The fraction of sp³-hybridized carbons (Fsp3) is 0.143. The van der Waals surface area contributed by atoms with Crippen LogP contribution in [0.25, 0.3) is 0 Å². The Balaban J connectivity index is 2.41. The lowest BCUT2D eigenvalue weighted by Crippen LogP contribution is -2.14. The highest BCUT2D eigenvalue weighted by molar-refractivity contribution is 7.92. The number of benzene rings is 2. The molecule has 0 bridgehead atoms. The van der Waals surface area contributed by atoms with Gasteiger partial charge in [0.05, 0.1) is 15.5 Å². The number of nitrogens with zero attached hydrogens (tertiary/aromatic N) is 1. The maximum Gasteiger partial charge on any atom is 0.270 e. The Bertz CT molecular complexity index is 800. The van der Waals surface area contributed by atoms with Crippen molar-refractivity contribution in [3.05, 3.63) is 63.7 Å². The third kappa shape index (κ3) is 3.38. The van der Waals surface area contributed by atoms with E-state index in [9.17, 15) is 18.5 Å². The van der Waals surface area contributed by atoms with Crippen LogP contribution >= 0.6 is 0 Å². The van der Waals surface area contributed by atoms with Crippen LogP contribution in [0, 0.1) is 24.0 Å². The molecule has 2 rings (SSSR count). The lowest BCUT2D eigenvalue weighted by Gasteiger charge is -2.11. The van der Waals surface area contributed by atoms with Crippen LogP contribution in [0.1, 0.15) is 11.1 Å². The van der Waals surface area contributed by atoms with Crippen LogP contribution in [0.15, 0.2) is 47.4 Å². The van der Waals surface area contributed by atoms with Crippen molar-refractivity contribution >= 4 is 21.4 Å². The van der Waals surface area contributed by atoms with Gasteiger partial charge in [-0.25, -0.2) is 8.42 Å². The Morgan fingerprint density at radius 1 is 1.10 bits per heavy atom. The number of anilines is 1. The first-order valence-electron chi connectivity index (χ1n) is 6.14. The molecule has 2 aromatic rings. The minimum absolute atomic E-state index is 0.141. The summed E-state index contributed by atoms with van der Waals surface area (Å²) < 4.78 is 27.1. The molecular weight excluding hydrogens is 292 g/mol. The van der Waals surface area contributed by atoms with E-state index in [2.05, 4.69) is 4.72 Å². The first-order chi connectivity index (χ1) is 9.79. The van der Waals surface area contributed by atoms with E-state index in [1.165, 1.54) is 18.2 Å². The van der Waals surface area contributed by atoms with Gasteiger partial charge < -0.3 is 0 Å². The zero-order chi connectivity index (χ0) is 15.6. The van der Waals surface area contributed by atoms with Crippen LogP contribution in [0.5, 0.6) is 0 Å². The van der Waals surface area contributed by atoms with Gasteiger partial charge in [-0.15, -0.1) is 0 Å². The lowest BCUT2D eigenvalue weighted by molar-refractivity contribution is -0.385. The number of hydrogen-bond donors (Lipinski definition) is 1. The summed E-state index contributed by atoms with van der Waals surface area (Å²) in [7, 11) is -3.86. The van der Waals surface area contributed by atoms with Crippen molar-refractivity contribution in [3.8, 4) is 0 Å². The monoisotopic (exact) mass is 306 g/mol. The highest BCUT2D eigenvalue weighted by atomic mass is 32.2. The molecule has 0 heterocycles. The highest BCUT2D eigenvalue weighted by Gasteiger charge is 2.18. The summed E-state index contributed by atoms with van der Waals surface area (Å²) in [5.74, 6) is 0. The molecule has 0 aromatic heterocycles. The minimum atomic E-state index is -3.86. The van der Waals surface area contributed by atoms with Gasteiger partial charge in [-0.2, -0.15) is 0 Å². The van der Waals surface area contributed by atoms with Crippen LogP contribution in [0.4, 0.5) is 11.4 Å². The van der Waals surface area contributed by atoms with Crippen molar-refractivity contribution in [2.24, 2.45) is 0 Å². The smallest absolute Gasteiger partial charge is 0.270 e. The minimum Gasteiger partial charge on any atom is -0.279 e. The van der Waals surface area contributed by atoms with Crippen LogP contribution in [0.2, 0.25) is 0 Å². The number of hydrogen-bond acceptors (Lipinski definition) is 4. The molecule has 6 nitrogen and oxygen atoms in total. The third-order valence-electron chi connectivity index (χ3n) is 2.98. The second-order valence-electron chi connectivity index (χ2n) is 4.68. The number of sulfonamides is 1. The molecule has 0 saturated heterocycles. The van der Waals surface area contributed by atoms with Crippen molar-refractivity contribution in [2.75, 3.05) is 4.72 Å². The van der Waals surface area contributed by atoms with Gasteiger partial charge in [-0.1, -0.05) is 18.2 Å². The van der Waals surface area contributed by atoms with E-state index in [-0.39, 0.29) is 10.6 Å². The Labute approximate surface area is 122 Å². The maximum atomic E-state index is 12.3. The number of nitro groups is 1. The molecule has 0 saturated carbocycles. The van der Waals surface area contributed by atoms with Gasteiger partial charge in [-0.05, 0) is 37.1 Å². The van der Waals surface area contributed by atoms with E-state index in [1.807, 2.05) is 13.0 Å². The van der Waals surface area contributed by atoms with E-state index >= 15 is 0 Å². The van der Waals surface area contributed by atoms with Crippen molar-refractivity contribution < 1.29 is 13.3 Å². The first-order valence-corrected chi connectivity index (χ1v) is 7.62. The van der Waals surface area contributed by atoms with Crippen LogP contribution < -0.4 is 4.72 Å². The Kier molecular flexibility index (Phi) is 3.95. The topological polar surface area (TPSA) is 89.3 Å². The van der Waals surface area contributed by atoms with Crippen molar-refractivity contribution in [3.63, 3.8) is 0 Å². The quantitative estimate of drug-likeness (QED) is 0.694. The van der Waals surface area contributed by atoms with Gasteiger partial charge in [0.25, 0.3) is 15.7 Å². The van der Waals surface area contributed by atoms with E-state index in [0.29, 0.717) is 5.69 Å². The van der Waals surface area contributed by atoms with Gasteiger partial charge >= 0.3 is 0 Å². The molecule has 0 amide bonds. The highest BCUT2D eigenvalue weighted by Crippen LogP contribution is 2.23. The second kappa shape index (κ2) is 5.53. The van der Waals surface area contributed by atoms with E-state index in [1.54, 1.807) is 19.1 Å². The van der Waals surface area contributed by atoms with Crippen LogP contribution in [-0.2, 0) is 10.0 Å². The average Bonchev–Trinajstić information content (AvgIpc) is 2.43. The number of rotatable bonds is 4. The van der Waals surface area contributed by atoms with Crippen molar-refractivity contribution in [1.82, 2.24) is 0 Å². The number of non-ortho nitro benzene ring substituents is 1. The molecular formula is C14H14N2O4S. The summed E-state index contributed by atoms with van der Waals surface area (Å²) in [6.07, 6.45) is 0. The molecule has 1 N–H and O–H groups in total. The largest absolute Gasteiger partial charge is 0.279 e. The SMILES string of the molecule is Cc1ccc(C)c(NS(=O)(=O)c2cccc([N+](=O)[O-])c2)c1. The predicted octanol–water partition coefficient (Wildman–Crippen LogP) is 3.01. The van der Waals surface area contributed by atoms with Crippen LogP contribution in [0.3, 0.4) is 0 Å². The normalized spacial score (nSPS) is 11.1. The molecule has 0 spiro atoms. The molecule has 2 aromatic carbocycles. The number of nitro benzene ring substituents is 1. The molecule has 0 fully saturated rings. The molecule has 0 unspecified atom stereocenters. The Hall–Kier alpha value is -2.41. The maximum absolute atomic E-state index is 12.3. The predicted molar refractivity (Wildman–Crippen MR) is 79.8 cm³/mol. The first kappa shape index (κ1) is 15.0. The van der Waals surface area contributed by atoms with Crippen LogP contribution in [-0.4, -0.2) is 13.3 Å². The van der Waals surface area contributed by atoms with Crippen molar-refractivity contribution in [2.45, 2.75) is 18.7 Å². The molecule has 21 heavy (non-hydrogen) atoms. The van der Waals surface area contributed by atoms with Gasteiger partial charge in [0.1, 0.15) is 0 Å². The van der Waals surface area contributed by atoms with E-state index in [4.69, 9.17) is 0 Å². The summed E-state index contributed by atoms with van der Waals surface area (Å²) in [6.45, 7) is 3.63. The van der Waals surface area contributed by atoms with Gasteiger partial charge in [-0.3, -0.25) is 14.8 Å².